The predicted molar refractivity (Wildman–Crippen MR) is 111 cm³/mol. The quantitative estimate of drug-likeness (QED) is 0.281. The lowest BCUT2D eigenvalue weighted by Crippen LogP contribution is -2.47. The van der Waals surface area contributed by atoms with E-state index in [1.807, 2.05) is 24.3 Å². The fraction of sp³-hybridized carbons (Fsp3) is 0.682. The zero-order chi connectivity index (χ0) is 19.3. The minimum Gasteiger partial charge on any atom is -0.476 e. The van der Waals surface area contributed by atoms with Gasteiger partial charge >= 0.3 is 11.8 Å². The molecule has 0 aliphatic rings. The van der Waals surface area contributed by atoms with Gasteiger partial charge < -0.3 is 20.7 Å². The summed E-state index contributed by atoms with van der Waals surface area (Å²) in [4.78, 5) is 11.7. The highest BCUT2D eigenvalue weighted by molar-refractivity contribution is 5.76. The highest BCUT2D eigenvalue weighted by Gasteiger charge is 2.41. The number of aryl methyl sites for hydroxylation is 1. The Kier molecular flexibility index (Phi) is 13.6. The highest BCUT2D eigenvalue weighted by Crippen LogP contribution is 2.28. The zero-order valence-electron chi connectivity index (χ0n) is 17.5. The predicted octanol–water partition coefficient (Wildman–Crippen LogP) is 6.14. The lowest BCUT2D eigenvalue weighted by Gasteiger charge is -2.29. The number of unbranched alkanes of at least 4 members (excludes halogenated alkanes) is 7. The Balaban J connectivity index is 0.00000676. The van der Waals surface area contributed by atoms with Crippen molar-refractivity contribution in [1.82, 2.24) is 6.15 Å². The molecule has 1 aromatic rings. The molecule has 1 rings (SSSR count). The van der Waals surface area contributed by atoms with Crippen molar-refractivity contribution in [1.29, 1.82) is 0 Å². The zero-order valence-corrected chi connectivity index (χ0v) is 17.5. The van der Waals surface area contributed by atoms with Crippen molar-refractivity contribution in [2.75, 3.05) is 6.61 Å². The standard InChI is InChI=1S/C22H36O4.H3N/c1-4-7-8-9-10-11-12-13-16-19-17-14-15-18-20(19)26-22(5-2,21(23)24)25-6-3;/h14-15,17-18H,4-13,16H2,1-3H3,(H,23,24);1H3. The van der Waals surface area contributed by atoms with Crippen molar-refractivity contribution in [3.8, 4) is 5.75 Å². The molecule has 4 N–H and O–H groups in total. The van der Waals surface area contributed by atoms with Crippen molar-refractivity contribution in [3.63, 3.8) is 0 Å². The maximum Gasteiger partial charge on any atom is 0.377 e. The Morgan fingerprint density at radius 3 is 2.11 bits per heavy atom. The minimum absolute atomic E-state index is 0. The van der Waals surface area contributed by atoms with Crippen LogP contribution in [0.15, 0.2) is 24.3 Å². The topological polar surface area (TPSA) is 90.8 Å². The Morgan fingerprint density at radius 2 is 1.56 bits per heavy atom. The summed E-state index contributed by atoms with van der Waals surface area (Å²) in [5.41, 5.74) is 1.05. The smallest absolute Gasteiger partial charge is 0.377 e. The highest BCUT2D eigenvalue weighted by atomic mass is 16.7. The first-order valence-corrected chi connectivity index (χ1v) is 10.2. The van der Waals surface area contributed by atoms with Gasteiger partial charge in [-0.1, -0.05) is 77.0 Å². The summed E-state index contributed by atoms with van der Waals surface area (Å²) in [6.07, 6.45) is 11.3. The van der Waals surface area contributed by atoms with Crippen LogP contribution in [0.1, 0.15) is 84.1 Å². The molecule has 0 aliphatic carbocycles. The third-order valence-corrected chi connectivity index (χ3v) is 4.72. The third kappa shape index (κ3) is 8.76. The number of carboxylic acids is 1. The molecule has 0 radical (unpaired) electrons. The summed E-state index contributed by atoms with van der Waals surface area (Å²) in [6.45, 7) is 6.08. The maximum atomic E-state index is 11.7. The molecule has 0 bridgehead atoms. The van der Waals surface area contributed by atoms with Crippen LogP contribution in [0.5, 0.6) is 5.75 Å². The molecule has 1 aromatic carbocycles. The Hall–Kier alpha value is -1.59. The molecule has 1 unspecified atom stereocenters. The van der Waals surface area contributed by atoms with E-state index in [4.69, 9.17) is 9.47 Å². The summed E-state index contributed by atoms with van der Waals surface area (Å²) in [7, 11) is 0. The van der Waals surface area contributed by atoms with E-state index in [1.54, 1.807) is 13.8 Å². The molecule has 0 spiro atoms. The molecular weight excluding hydrogens is 342 g/mol. The van der Waals surface area contributed by atoms with Gasteiger partial charge in [0.2, 0.25) is 0 Å². The molecule has 0 saturated heterocycles. The Labute approximate surface area is 165 Å². The molecule has 0 fully saturated rings. The van der Waals surface area contributed by atoms with Crippen molar-refractivity contribution < 1.29 is 19.4 Å². The second-order valence-corrected chi connectivity index (χ2v) is 6.78. The van der Waals surface area contributed by atoms with E-state index in [0.717, 1.165) is 18.4 Å². The van der Waals surface area contributed by atoms with E-state index < -0.39 is 11.8 Å². The summed E-state index contributed by atoms with van der Waals surface area (Å²) in [5, 5.41) is 9.59. The molecule has 0 saturated carbocycles. The van der Waals surface area contributed by atoms with Crippen LogP contribution in [0.25, 0.3) is 0 Å². The first-order chi connectivity index (χ1) is 12.6. The minimum atomic E-state index is -1.61. The van der Waals surface area contributed by atoms with Crippen LogP contribution >= 0.6 is 0 Å². The number of para-hydroxylation sites is 1. The molecule has 156 valence electrons. The number of carboxylic acid groups (broad SMARTS) is 1. The summed E-state index contributed by atoms with van der Waals surface area (Å²) < 4.78 is 11.4. The molecule has 5 heteroatoms. The SMILES string of the molecule is CCCCCCCCCCc1ccccc1OC(CC)(OCC)C(=O)O.N. The number of ether oxygens (including phenoxy) is 2. The van der Waals surface area contributed by atoms with E-state index in [0.29, 0.717) is 12.4 Å². The Morgan fingerprint density at radius 1 is 0.963 bits per heavy atom. The normalized spacial score (nSPS) is 12.9. The fourth-order valence-electron chi connectivity index (χ4n) is 3.13. The third-order valence-electron chi connectivity index (χ3n) is 4.72. The van der Waals surface area contributed by atoms with E-state index in [-0.39, 0.29) is 12.6 Å². The van der Waals surface area contributed by atoms with Crippen LogP contribution in [0.3, 0.4) is 0 Å². The van der Waals surface area contributed by atoms with E-state index in [9.17, 15) is 9.90 Å². The van der Waals surface area contributed by atoms with Crippen LogP contribution in [-0.4, -0.2) is 23.5 Å². The lowest BCUT2D eigenvalue weighted by atomic mass is 10.0. The van der Waals surface area contributed by atoms with Gasteiger partial charge in [-0.3, -0.25) is 0 Å². The number of benzene rings is 1. The number of hydrogen-bond donors (Lipinski definition) is 2. The van der Waals surface area contributed by atoms with Crippen LogP contribution in [0, 0.1) is 0 Å². The van der Waals surface area contributed by atoms with Crippen LogP contribution in [-0.2, 0) is 16.0 Å². The summed E-state index contributed by atoms with van der Waals surface area (Å²) >= 11 is 0. The molecule has 27 heavy (non-hydrogen) atoms. The largest absolute Gasteiger partial charge is 0.476 e. The number of rotatable bonds is 15. The average Bonchev–Trinajstić information content (AvgIpc) is 2.64. The number of aliphatic carboxylic acids is 1. The Bertz CT molecular complexity index is 521. The van der Waals surface area contributed by atoms with Gasteiger partial charge in [0.05, 0.1) is 0 Å². The van der Waals surface area contributed by atoms with Gasteiger partial charge in [-0.05, 0) is 31.4 Å². The van der Waals surface area contributed by atoms with Crippen LogP contribution < -0.4 is 10.9 Å². The summed E-state index contributed by atoms with van der Waals surface area (Å²) in [6, 6.07) is 7.71. The van der Waals surface area contributed by atoms with Gasteiger partial charge in [0.1, 0.15) is 5.75 Å². The summed E-state index contributed by atoms with van der Waals surface area (Å²) in [5.74, 6) is -2.07. The molecule has 0 aromatic heterocycles. The van der Waals surface area contributed by atoms with E-state index in [2.05, 4.69) is 6.92 Å². The maximum absolute atomic E-state index is 11.7. The van der Waals surface area contributed by atoms with Crippen molar-refractivity contribution >= 4 is 5.97 Å². The molecule has 0 aliphatic heterocycles. The second kappa shape index (κ2) is 14.5. The average molecular weight is 382 g/mol. The van der Waals surface area contributed by atoms with Gasteiger partial charge in [-0.2, -0.15) is 0 Å². The van der Waals surface area contributed by atoms with Crippen molar-refractivity contribution in [2.45, 2.75) is 90.8 Å². The lowest BCUT2D eigenvalue weighted by molar-refractivity contribution is -0.212. The molecule has 5 nitrogen and oxygen atoms in total. The van der Waals surface area contributed by atoms with E-state index >= 15 is 0 Å². The monoisotopic (exact) mass is 381 g/mol. The molecule has 0 amide bonds. The van der Waals surface area contributed by atoms with Crippen molar-refractivity contribution in [3.05, 3.63) is 29.8 Å². The first kappa shape index (κ1) is 25.4. The van der Waals surface area contributed by atoms with Gasteiger partial charge in [0.25, 0.3) is 0 Å². The fourth-order valence-corrected chi connectivity index (χ4v) is 3.13. The second-order valence-electron chi connectivity index (χ2n) is 6.78. The van der Waals surface area contributed by atoms with Gasteiger partial charge in [-0.25, -0.2) is 4.79 Å². The van der Waals surface area contributed by atoms with Gasteiger partial charge in [-0.15, -0.1) is 0 Å². The van der Waals surface area contributed by atoms with Gasteiger partial charge in [0, 0.05) is 13.0 Å². The van der Waals surface area contributed by atoms with Crippen molar-refractivity contribution in [2.24, 2.45) is 0 Å². The van der Waals surface area contributed by atoms with E-state index in [1.165, 1.54) is 44.9 Å². The molecule has 1 atom stereocenters. The molecular formula is C22H39NO4. The van der Waals surface area contributed by atoms with Crippen LogP contribution in [0.4, 0.5) is 0 Å². The molecule has 0 heterocycles. The first-order valence-electron chi connectivity index (χ1n) is 10.2. The van der Waals surface area contributed by atoms with Gasteiger partial charge in [0.15, 0.2) is 0 Å². The number of hydrogen-bond acceptors (Lipinski definition) is 4. The van der Waals surface area contributed by atoms with Crippen LogP contribution in [0.2, 0.25) is 0 Å². The number of carbonyl (C=O) groups is 1.